The maximum Gasteiger partial charge on any atom is 0.375 e. The van der Waals surface area contributed by atoms with E-state index in [1.165, 1.54) is 7.11 Å². The lowest BCUT2D eigenvalue weighted by atomic mass is 9.71. The molecule has 0 aromatic heterocycles. The van der Waals surface area contributed by atoms with Crippen LogP contribution >= 0.6 is 0 Å². The maximum atomic E-state index is 13.8. The van der Waals surface area contributed by atoms with Crippen molar-refractivity contribution in [3.05, 3.63) is 67.9 Å². The number of Topliss-reactive ketones (excluding diaryl/α,β-unsaturated/α-hetero) is 1. The fourth-order valence-corrected chi connectivity index (χ4v) is 6.92. The second-order valence-corrected chi connectivity index (χ2v) is 12.4. The molecule has 1 saturated carbocycles. The van der Waals surface area contributed by atoms with Gasteiger partial charge in [-0.1, -0.05) is 17.7 Å². The molecule has 0 amide bonds. The molecular weight excluding hydrogens is 594 g/mol. The minimum absolute atomic E-state index is 0.0120. The predicted octanol–water partition coefficient (Wildman–Crippen LogP) is 1.59. The molecule has 1 fully saturated rings. The van der Waals surface area contributed by atoms with E-state index in [2.05, 4.69) is 4.99 Å². The summed E-state index contributed by atoms with van der Waals surface area (Å²) in [5.41, 5.74) is 1.44. The number of nitrogens with zero attached hydrogens (tertiary/aromatic N) is 1. The van der Waals surface area contributed by atoms with E-state index >= 15 is 0 Å². The van der Waals surface area contributed by atoms with Crippen molar-refractivity contribution >= 4 is 29.7 Å². The molecule has 3 aliphatic heterocycles. The number of fused-ring (bicyclic) bond motifs is 3. The molecule has 4 aliphatic rings. The first-order chi connectivity index (χ1) is 22.1. The first-order valence-electron chi connectivity index (χ1n) is 15.4. The number of methoxy groups -OCH3 is 1. The Bertz CT molecular complexity index is 1830. The van der Waals surface area contributed by atoms with E-state index in [9.17, 15) is 29.7 Å². The van der Waals surface area contributed by atoms with Gasteiger partial charge in [0.05, 0.1) is 61.1 Å². The van der Waals surface area contributed by atoms with Crippen molar-refractivity contribution in [1.82, 2.24) is 0 Å². The Morgan fingerprint density at radius 3 is 2.61 bits per heavy atom. The largest absolute Gasteiger partial charge is 0.496 e. The lowest BCUT2D eigenvalue weighted by molar-refractivity contribution is -0.141. The van der Waals surface area contributed by atoms with Crippen molar-refractivity contribution in [2.24, 2.45) is 10.9 Å². The number of benzene rings is 2. The van der Waals surface area contributed by atoms with Crippen LogP contribution in [-0.2, 0) is 32.1 Å². The van der Waals surface area contributed by atoms with Gasteiger partial charge in [0.1, 0.15) is 29.1 Å². The molecule has 0 saturated heterocycles. The molecule has 46 heavy (non-hydrogen) atoms. The van der Waals surface area contributed by atoms with Crippen molar-refractivity contribution < 1.29 is 48.7 Å². The smallest absolute Gasteiger partial charge is 0.375 e. The van der Waals surface area contributed by atoms with Crippen LogP contribution in [0.25, 0.3) is 11.6 Å². The van der Waals surface area contributed by atoms with Crippen molar-refractivity contribution in [3.63, 3.8) is 0 Å². The van der Waals surface area contributed by atoms with Crippen LogP contribution in [0.5, 0.6) is 17.2 Å². The minimum atomic E-state index is -1.26. The van der Waals surface area contributed by atoms with Gasteiger partial charge < -0.3 is 34.3 Å². The summed E-state index contributed by atoms with van der Waals surface area (Å²) in [5.74, 6) is -2.22. The summed E-state index contributed by atoms with van der Waals surface area (Å²) >= 11 is 0. The SMILES string of the molecule is CCOC(=O)C1=C(C=O)C(=C2CC(CO)C(=O)C(c3ccc4c(c3)=CCN=4)C2)c2c(OC)c3c(c(CO)c2O1)OC(C(C)(C)O)C3. The first-order valence-corrected chi connectivity index (χ1v) is 15.4. The second-order valence-electron chi connectivity index (χ2n) is 12.4. The molecule has 6 rings (SSSR count). The van der Waals surface area contributed by atoms with Gasteiger partial charge in [0, 0.05) is 29.4 Å². The maximum absolute atomic E-state index is 13.8. The van der Waals surface area contributed by atoms with Crippen LogP contribution in [0.3, 0.4) is 0 Å². The van der Waals surface area contributed by atoms with Gasteiger partial charge in [-0.2, -0.15) is 0 Å². The Hall–Kier alpha value is -4.32. The van der Waals surface area contributed by atoms with E-state index in [-0.39, 0.29) is 60.0 Å². The second kappa shape index (κ2) is 12.1. The lowest BCUT2D eigenvalue weighted by Gasteiger charge is -2.34. The van der Waals surface area contributed by atoms with Crippen LogP contribution in [0.4, 0.5) is 0 Å². The number of hydrogen-bond acceptors (Lipinski definition) is 11. The highest BCUT2D eigenvalue weighted by atomic mass is 16.6. The average molecular weight is 632 g/mol. The number of aliphatic hydroxyl groups is 3. The molecule has 2 aromatic carbocycles. The predicted molar refractivity (Wildman–Crippen MR) is 165 cm³/mol. The Morgan fingerprint density at radius 2 is 1.96 bits per heavy atom. The zero-order valence-electron chi connectivity index (χ0n) is 26.2. The zero-order chi connectivity index (χ0) is 32.9. The third-order valence-corrected chi connectivity index (χ3v) is 9.19. The fourth-order valence-electron chi connectivity index (χ4n) is 6.92. The third-order valence-electron chi connectivity index (χ3n) is 9.19. The standard InChI is InChI=1S/C35H37NO10/c1-5-44-34(41)33-23(15-38)27(19-11-20(14-37)29(40)21(12-19)17-6-7-25-18(10-17)8-9-36-25)28-31(43-4)22-13-26(35(2,3)42)45-30(22)24(16-39)32(28)46-33/h6-8,10,15,20-21,26,37,39,42H,5,9,11-14,16H2,1-4H3. The summed E-state index contributed by atoms with van der Waals surface area (Å²) in [6.45, 7) is 4.45. The van der Waals surface area contributed by atoms with Gasteiger partial charge in [0.2, 0.25) is 5.76 Å². The van der Waals surface area contributed by atoms with Crippen molar-refractivity contribution in [2.75, 3.05) is 26.9 Å². The third kappa shape index (κ3) is 5.12. The number of esters is 1. The summed E-state index contributed by atoms with van der Waals surface area (Å²) in [7, 11) is 1.45. The Balaban J connectivity index is 1.64. The van der Waals surface area contributed by atoms with Crippen LogP contribution in [0, 0.1) is 5.92 Å². The van der Waals surface area contributed by atoms with Crippen molar-refractivity contribution in [1.29, 1.82) is 0 Å². The van der Waals surface area contributed by atoms with Crippen LogP contribution < -0.4 is 24.8 Å². The highest BCUT2D eigenvalue weighted by Crippen LogP contribution is 2.56. The Labute approximate surface area is 265 Å². The molecule has 0 spiro atoms. The van der Waals surface area contributed by atoms with Gasteiger partial charge in [-0.25, -0.2) is 4.79 Å². The van der Waals surface area contributed by atoms with Gasteiger partial charge in [-0.3, -0.25) is 14.6 Å². The Morgan fingerprint density at radius 1 is 1.17 bits per heavy atom. The molecular formula is C35H37NO10. The van der Waals surface area contributed by atoms with Crippen LogP contribution in [0.2, 0.25) is 0 Å². The molecule has 2 aromatic rings. The van der Waals surface area contributed by atoms with E-state index in [1.54, 1.807) is 20.8 Å². The van der Waals surface area contributed by atoms with E-state index in [0.717, 1.165) is 16.1 Å². The quantitative estimate of drug-likeness (QED) is 0.288. The summed E-state index contributed by atoms with van der Waals surface area (Å²) in [4.78, 5) is 44.4. The number of carbonyl (C=O) groups is 3. The van der Waals surface area contributed by atoms with Crippen LogP contribution in [0.1, 0.15) is 61.8 Å². The van der Waals surface area contributed by atoms with Crippen LogP contribution in [-0.4, -0.2) is 71.9 Å². The highest BCUT2D eigenvalue weighted by Gasteiger charge is 2.45. The lowest BCUT2D eigenvalue weighted by Crippen LogP contribution is -2.39. The molecule has 1 aliphatic carbocycles. The van der Waals surface area contributed by atoms with Gasteiger partial charge in [-0.05, 0) is 56.5 Å². The van der Waals surface area contributed by atoms with E-state index < -0.39 is 42.7 Å². The number of carbonyl (C=O) groups excluding carboxylic acids is 3. The number of ketones is 1. The number of aliphatic hydroxyl groups excluding tert-OH is 2. The van der Waals surface area contributed by atoms with Crippen LogP contribution in [0.15, 0.2) is 40.1 Å². The van der Waals surface area contributed by atoms with Gasteiger partial charge in [0.25, 0.3) is 0 Å². The number of hydrogen-bond donors (Lipinski definition) is 3. The Kier molecular flexibility index (Phi) is 8.34. The fraction of sp³-hybridized carbons (Fsp3) is 0.429. The topological polar surface area (TPSA) is 161 Å². The van der Waals surface area contributed by atoms with Gasteiger partial charge in [-0.15, -0.1) is 0 Å². The number of aldehydes is 1. The van der Waals surface area contributed by atoms with Crippen molar-refractivity contribution in [2.45, 2.75) is 64.3 Å². The normalized spacial score (nSPS) is 23.4. The molecule has 3 N–H and O–H groups in total. The summed E-state index contributed by atoms with van der Waals surface area (Å²) < 4.78 is 23.5. The number of rotatable bonds is 8. The first kappa shape index (κ1) is 31.7. The molecule has 11 heteroatoms. The molecule has 0 bridgehead atoms. The molecule has 11 nitrogen and oxygen atoms in total. The zero-order valence-corrected chi connectivity index (χ0v) is 26.2. The van der Waals surface area contributed by atoms with E-state index in [0.29, 0.717) is 40.9 Å². The number of ether oxygens (including phenoxy) is 4. The summed E-state index contributed by atoms with van der Waals surface area (Å²) in [6.07, 6.45) is 2.33. The average Bonchev–Trinajstić information content (AvgIpc) is 3.70. The minimum Gasteiger partial charge on any atom is -0.496 e. The molecule has 3 unspecified atom stereocenters. The summed E-state index contributed by atoms with van der Waals surface area (Å²) in [6, 6.07) is 5.66. The van der Waals surface area contributed by atoms with E-state index in [4.69, 9.17) is 18.9 Å². The van der Waals surface area contributed by atoms with Crippen molar-refractivity contribution in [3.8, 4) is 17.2 Å². The highest BCUT2D eigenvalue weighted by molar-refractivity contribution is 6.11. The molecule has 3 heterocycles. The summed E-state index contributed by atoms with van der Waals surface area (Å²) in [5, 5.41) is 33.7. The van der Waals surface area contributed by atoms with Gasteiger partial charge in [0.15, 0.2) is 6.29 Å². The molecule has 242 valence electrons. The van der Waals surface area contributed by atoms with E-state index in [1.807, 2.05) is 24.3 Å². The molecule has 0 radical (unpaired) electrons. The molecule has 3 atom stereocenters. The number of allylic oxidation sites excluding steroid dienone is 3. The monoisotopic (exact) mass is 631 g/mol. The van der Waals surface area contributed by atoms with Gasteiger partial charge >= 0.3 is 5.97 Å².